The van der Waals surface area contributed by atoms with Gasteiger partial charge in [0.05, 0.1) is 18.4 Å². The highest BCUT2D eigenvalue weighted by molar-refractivity contribution is 7.70. The highest BCUT2D eigenvalue weighted by Crippen LogP contribution is 2.45. The first-order valence-electron chi connectivity index (χ1n) is 8.83. The molecule has 0 saturated heterocycles. The van der Waals surface area contributed by atoms with Crippen molar-refractivity contribution in [1.29, 1.82) is 5.26 Å². The molecule has 1 aliphatic rings. The van der Waals surface area contributed by atoms with Crippen LogP contribution in [-0.2, 0) is 4.57 Å². The molecule has 6 nitrogen and oxygen atoms in total. The zero-order chi connectivity index (χ0) is 19.2. The molecule has 2 heterocycles. The average Bonchev–Trinajstić information content (AvgIpc) is 3.40. The Bertz CT molecular complexity index is 1120. The van der Waals surface area contributed by atoms with Crippen LogP contribution >= 0.6 is 7.14 Å². The number of rotatable bonds is 5. The number of nitrogens with one attached hydrogen (secondary N) is 2. The zero-order valence-corrected chi connectivity index (χ0v) is 16.4. The molecule has 1 aliphatic carbocycles. The summed E-state index contributed by atoms with van der Waals surface area (Å²) < 4.78 is 17.8. The van der Waals surface area contributed by atoms with Crippen LogP contribution in [0.3, 0.4) is 0 Å². The number of nitrogens with zero attached hydrogens (tertiary/aromatic N) is 2. The molecule has 1 fully saturated rings. The minimum Gasteiger partial charge on any atom is -0.495 e. The van der Waals surface area contributed by atoms with E-state index in [1.54, 1.807) is 26.6 Å². The summed E-state index contributed by atoms with van der Waals surface area (Å²) in [7, 11) is -0.771. The summed E-state index contributed by atoms with van der Waals surface area (Å²) in [6, 6.07) is 9.80. The van der Waals surface area contributed by atoms with Gasteiger partial charge in [-0.3, -0.25) is 0 Å². The Kier molecular flexibility index (Phi) is 4.20. The monoisotopic (exact) mass is 380 g/mol. The second kappa shape index (κ2) is 6.44. The van der Waals surface area contributed by atoms with E-state index in [2.05, 4.69) is 21.4 Å². The first-order valence-corrected chi connectivity index (χ1v) is 11.4. The summed E-state index contributed by atoms with van der Waals surface area (Å²) in [4.78, 5) is 7.73. The minimum absolute atomic E-state index is 0.481. The van der Waals surface area contributed by atoms with Gasteiger partial charge in [-0.05, 0) is 61.9 Å². The Hall–Kier alpha value is -2.77. The molecule has 1 saturated carbocycles. The van der Waals surface area contributed by atoms with Crippen molar-refractivity contribution < 1.29 is 9.30 Å². The molecule has 0 atom stereocenters. The van der Waals surface area contributed by atoms with Crippen LogP contribution in [0.2, 0.25) is 0 Å². The van der Waals surface area contributed by atoms with E-state index in [1.165, 1.54) is 0 Å². The largest absolute Gasteiger partial charge is 0.495 e. The lowest BCUT2D eigenvalue weighted by Crippen LogP contribution is -2.06. The molecule has 0 bridgehead atoms. The van der Waals surface area contributed by atoms with Gasteiger partial charge in [0.15, 0.2) is 0 Å². The third kappa shape index (κ3) is 3.31. The molecule has 27 heavy (non-hydrogen) atoms. The van der Waals surface area contributed by atoms with Crippen LogP contribution in [-0.4, -0.2) is 30.4 Å². The topological polar surface area (TPSA) is 90.8 Å². The number of aromatic amines is 1. The van der Waals surface area contributed by atoms with Crippen LogP contribution in [0.5, 0.6) is 5.75 Å². The number of pyridine rings is 1. The van der Waals surface area contributed by atoms with Crippen molar-refractivity contribution in [2.45, 2.75) is 18.8 Å². The van der Waals surface area contributed by atoms with Gasteiger partial charge in [-0.2, -0.15) is 5.26 Å². The number of aromatic nitrogens is 2. The number of hydrogen-bond acceptors (Lipinski definition) is 5. The normalized spacial score (nSPS) is 14.1. The van der Waals surface area contributed by atoms with Crippen molar-refractivity contribution in [2.75, 3.05) is 25.8 Å². The molecule has 2 N–H and O–H groups in total. The quantitative estimate of drug-likeness (QED) is 0.644. The molecule has 2 aromatic heterocycles. The number of H-pyrrole nitrogens is 1. The molecule has 138 valence electrons. The van der Waals surface area contributed by atoms with Crippen LogP contribution in [0.4, 0.5) is 11.5 Å². The van der Waals surface area contributed by atoms with Gasteiger partial charge in [-0.25, -0.2) is 4.98 Å². The van der Waals surface area contributed by atoms with Crippen molar-refractivity contribution in [3.63, 3.8) is 0 Å². The third-order valence-corrected chi connectivity index (χ3v) is 6.40. The predicted molar refractivity (Wildman–Crippen MR) is 108 cm³/mol. The smallest absolute Gasteiger partial charge is 0.143 e. The number of fused-ring (bicyclic) bond motifs is 1. The molecule has 7 heteroatoms. The molecule has 0 spiro atoms. The fraction of sp³-hybridized carbons (Fsp3) is 0.300. The molecular weight excluding hydrogens is 359 g/mol. The lowest BCUT2D eigenvalue weighted by molar-refractivity contribution is 0.417. The van der Waals surface area contributed by atoms with Gasteiger partial charge in [0, 0.05) is 16.9 Å². The molecule has 4 rings (SSSR count). The van der Waals surface area contributed by atoms with Gasteiger partial charge in [0.2, 0.25) is 0 Å². The number of hydrogen-bond donors (Lipinski definition) is 2. The second-order valence-corrected chi connectivity index (χ2v) is 10.5. The maximum Gasteiger partial charge on any atom is 0.143 e. The van der Waals surface area contributed by atoms with Gasteiger partial charge in [-0.15, -0.1) is 0 Å². The fourth-order valence-electron chi connectivity index (χ4n) is 3.29. The van der Waals surface area contributed by atoms with Crippen LogP contribution in [0, 0.1) is 11.3 Å². The first-order chi connectivity index (χ1) is 12.9. The summed E-state index contributed by atoms with van der Waals surface area (Å²) >= 11 is 0. The van der Waals surface area contributed by atoms with E-state index in [4.69, 9.17) is 4.74 Å². The van der Waals surface area contributed by atoms with Crippen LogP contribution < -0.4 is 15.4 Å². The molecule has 0 aliphatic heterocycles. The zero-order valence-electron chi connectivity index (χ0n) is 15.5. The minimum atomic E-state index is -2.37. The summed E-state index contributed by atoms with van der Waals surface area (Å²) in [5.74, 6) is 1.79. The van der Waals surface area contributed by atoms with Gasteiger partial charge < -0.3 is 19.6 Å². The predicted octanol–water partition coefficient (Wildman–Crippen LogP) is 4.31. The Labute approximate surface area is 157 Å². The number of benzene rings is 1. The molecule has 0 radical (unpaired) electrons. The molecule has 0 unspecified atom stereocenters. The van der Waals surface area contributed by atoms with E-state index in [-0.39, 0.29) is 0 Å². The first kappa shape index (κ1) is 17.6. The fourth-order valence-corrected chi connectivity index (χ4v) is 4.15. The van der Waals surface area contributed by atoms with E-state index >= 15 is 0 Å². The van der Waals surface area contributed by atoms with E-state index < -0.39 is 7.14 Å². The third-order valence-electron chi connectivity index (χ3n) is 4.88. The highest BCUT2D eigenvalue weighted by atomic mass is 31.2. The lowest BCUT2D eigenvalue weighted by Gasteiger charge is -2.15. The molecule has 1 aromatic carbocycles. The van der Waals surface area contributed by atoms with E-state index in [9.17, 15) is 9.83 Å². The van der Waals surface area contributed by atoms with Gasteiger partial charge in [-0.1, -0.05) is 0 Å². The number of methoxy groups -OCH3 is 1. The molecule has 0 amide bonds. The standard InChI is InChI=1S/C20H21N4O2P/c1-26-17-8-14(27(2,3)25)6-7-16(17)23-18-9-15(12-4-5-12)19-13(10-21)11-22-20(19)24-18/h6-9,11-12H,4-5H2,1-3H3,(H2,22,23,24). The van der Waals surface area contributed by atoms with Gasteiger partial charge in [0.1, 0.15) is 30.4 Å². The van der Waals surface area contributed by atoms with Crippen LogP contribution in [0.1, 0.15) is 29.9 Å². The summed E-state index contributed by atoms with van der Waals surface area (Å²) in [5, 5.41) is 14.4. The van der Waals surface area contributed by atoms with E-state index in [0.29, 0.717) is 28.7 Å². The van der Waals surface area contributed by atoms with Gasteiger partial charge >= 0.3 is 0 Å². The van der Waals surface area contributed by atoms with E-state index in [1.807, 2.05) is 24.3 Å². The van der Waals surface area contributed by atoms with E-state index in [0.717, 1.165) is 34.8 Å². The maximum atomic E-state index is 12.3. The lowest BCUT2D eigenvalue weighted by atomic mass is 10.1. The maximum absolute atomic E-state index is 12.3. The van der Waals surface area contributed by atoms with Crippen molar-refractivity contribution in [1.82, 2.24) is 9.97 Å². The summed E-state index contributed by atoms with van der Waals surface area (Å²) in [6.45, 7) is 3.48. The Balaban J connectivity index is 1.76. The number of nitriles is 1. The van der Waals surface area contributed by atoms with Gasteiger partial charge in [0.25, 0.3) is 0 Å². The van der Waals surface area contributed by atoms with Crippen molar-refractivity contribution >= 4 is 35.0 Å². The Morgan fingerprint density at radius 1 is 1.33 bits per heavy atom. The SMILES string of the molecule is COc1cc(P(C)(C)=O)ccc1Nc1cc(C2CC2)c2c(C#N)c[nH]c2n1. The summed E-state index contributed by atoms with van der Waals surface area (Å²) in [6.07, 6.45) is 3.98. The second-order valence-electron chi connectivity index (χ2n) is 7.27. The summed E-state index contributed by atoms with van der Waals surface area (Å²) in [5.41, 5.74) is 3.26. The molecular formula is C20H21N4O2P. The van der Waals surface area contributed by atoms with Crippen LogP contribution in [0.25, 0.3) is 11.0 Å². The number of ether oxygens (including phenoxy) is 1. The Morgan fingerprint density at radius 3 is 2.74 bits per heavy atom. The Morgan fingerprint density at radius 2 is 2.11 bits per heavy atom. The molecule has 3 aromatic rings. The number of anilines is 2. The average molecular weight is 380 g/mol. The highest BCUT2D eigenvalue weighted by Gasteiger charge is 2.28. The van der Waals surface area contributed by atoms with Crippen LogP contribution in [0.15, 0.2) is 30.5 Å². The van der Waals surface area contributed by atoms with Crippen molar-refractivity contribution in [3.05, 3.63) is 41.6 Å². The van der Waals surface area contributed by atoms with Crippen molar-refractivity contribution in [3.8, 4) is 11.8 Å². The van der Waals surface area contributed by atoms with Crippen molar-refractivity contribution in [2.24, 2.45) is 0 Å².